The van der Waals surface area contributed by atoms with Gasteiger partial charge >= 0.3 is 5.97 Å². The number of carboxylic acids is 1. The van der Waals surface area contributed by atoms with Crippen LogP contribution in [0, 0.1) is 0 Å². The molecule has 0 aliphatic heterocycles. The first-order valence-electron chi connectivity index (χ1n) is 8.18. The third-order valence-electron chi connectivity index (χ3n) is 3.11. The number of aliphatic carboxylic acids is 1. The van der Waals surface area contributed by atoms with Gasteiger partial charge in [0.25, 0.3) is 0 Å². The molecule has 29 heavy (non-hydrogen) atoms. The van der Waals surface area contributed by atoms with Gasteiger partial charge < -0.3 is 47.6 Å². The van der Waals surface area contributed by atoms with E-state index in [0.717, 1.165) is 0 Å². The van der Waals surface area contributed by atoms with Crippen molar-refractivity contribution in [2.24, 2.45) is 5.73 Å². The number of rotatable bonds is 13. The van der Waals surface area contributed by atoms with E-state index in [1.807, 2.05) is 5.32 Å². The Morgan fingerprint density at radius 1 is 0.690 bits per heavy atom. The number of amides is 5. The van der Waals surface area contributed by atoms with Crippen molar-refractivity contribution in [1.82, 2.24) is 26.6 Å². The molecule has 10 N–H and O–H groups in total. The average Bonchev–Trinajstić information content (AvgIpc) is 2.70. The van der Waals surface area contributed by atoms with Crippen molar-refractivity contribution < 1.29 is 44.1 Å². The van der Waals surface area contributed by atoms with Crippen molar-refractivity contribution in [3.63, 3.8) is 0 Å². The highest BCUT2D eigenvalue weighted by Gasteiger charge is 2.19. The SMILES string of the molecule is N[C@@H](CO)C(=O)NCC(=O)NCC(=O)NCC(=O)NCC(=O)N[C@@H](CO)C(=O)O. The van der Waals surface area contributed by atoms with E-state index in [9.17, 15) is 28.8 Å². The fourth-order valence-corrected chi connectivity index (χ4v) is 1.54. The zero-order chi connectivity index (χ0) is 22.4. The van der Waals surface area contributed by atoms with Crippen molar-refractivity contribution in [3.05, 3.63) is 0 Å². The molecule has 0 aromatic carbocycles. The molecule has 0 rings (SSSR count). The summed E-state index contributed by atoms with van der Waals surface area (Å²) in [5.74, 6) is -5.26. The lowest BCUT2D eigenvalue weighted by molar-refractivity contribution is -0.142. The number of carbonyl (C=O) groups is 6. The number of carboxylic acid groups (broad SMARTS) is 1. The van der Waals surface area contributed by atoms with Gasteiger partial charge in [-0.05, 0) is 0 Å². The molecular weight excluding hydrogens is 396 g/mol. The van der Waals surface area contributed by atoms with E-state index in [4.69, 9.17) is 21.1 Å². The fourth-order valence-electron chi connectivity index (χ4n) is 1.54. The summed E-state index contributed by atoms with van der Waals surface area (Å²) in [7, 11) is 0. The molecule has 0 heterocycles. The molecule has 0 unspecified atom stereocenters. The molecule has 15 nitrogen and oxygen atoms in total. The van der Waals surface area contributed by atoms with Crippen LogP contribution < -0.4 is 32.3 Å². The Kier molecular flexibility index (Phi) is 12.2. The third-order valence-corrected chi connectivity index (χ3v) is 3.11. The van der Waals surface area contributed by atoms with Gasteiger partial charge in [-0.25, -0.2) is 4.79 Å². The largest absolute Gasteiger partial charge is 0.480 e. The number of aliphatic hydroxyl groups excluding tert-OH is 2. The minimum absolute atomic E-state index is 0.472. The molecule has 164 valence electrons. The Morgan fingerprint density at radius 2 is 1.10 bits per heavy atom. The van der Waals surface area contributed by atoms with Crippen molar-refractivity contribution in [1.29, 1.82) is 0 Å². The van der Waals surface area contributed by atoms with Crippen LogP contribution >= 0.6 is 0 Å². The van der Waals surface area contributed by atoms with E-state index in [0.29, 0.717) is 0 Å². The van der Waals surface area contributed by atoms with Crippen LogP contribution in [-0.2, 0) is 28.8 Å². The van der Waals surface area contributed by atoms with Crippen molar-refractivity contribution in [2.45, 2.75) is 12.1 Å². The van der Waals surface area contributed by atoms with Gasteiger partial charge in [0, 0.05) is 0 Å². The topological polar surface area (TPSA) is 249 Å². The zero-order valence-electron chi connectivity index (χ0n) is 15.3. The van der Waals surface area contributed by atoms with Gasteiger partial charge in [-0.3, -0.25) is 24.0 Å². The van der Waals surface area contributed by atoms with E-state index in [2.05, 4.69) is 21.3 Å². The van der Waals surface area contributed by atoms with Crippen LogP contribution in [0.1, 0.15) is 0 Å². The number of aliphatic hydroxyl groups is 2. The summed E-state index contributed by atoms with van der Waals surface area (Å²) in [5.41, 5.74) is 5.22. The number of nitrogens with two attached hydrogens (primary N) is 1. The smallest absolute Gasteiger partial charge is 0.328 e. The van der Waals surface area contributed by atoms with Crippen LogP contribution in [0.15, 0.2) is 0 Å². The number of carbonyl (C=O) groups excluding carboxylic acids is 5. The van der Waals surface area contributed by atoms with E-state index < -0.39 is 87.0 Å². The highest BCUT2D eigenvalue weighted by Crippen LogP contribution is 1.82. The zero-order valence-corrected chi connectivity index (χ0v) is 15.3. The molecule has 2 atom stereocenters. The summed E-state index contributed by atoms with van der Waals surface area (Å²) in [4.78, 5) is 67.8. The normalized spacial score (nSPS) is 12.1. The van der Waals surface area contributed by atoms with Crippen molar-refractivity contribution in [3.8, 4) is 0 Å². The molecular formula is C14H24N6O9. The van der Waals surface area contributed by atoms with Crippen LogP contribution in [0.5, 0.6) is 0 Å². The third kappa shape index (κ3) is 11.9. The maximum atomic E-state index is 11.5. The fraction of sp³-hybridized carbons (Fsp3) is 0.571. The number of nitrogens with one attached hydrogen (secondary N) is 5. The Balaban J connectivity index is 4.00. The summed E-state index contributed by atoms with van der Waals surface area (Å²) < 4.78 is 0. The monoisotopic (exact) mass is 420 g/mol. The molecule has 15 heteroatoms. The van der Waals surface area contributed by atoms with Gasteiger partial charge in [-0.15, -0.1) is 0 Å². The Hall–Kier alpha value is -3.30. The first-order chi connectivity index (χ1) is 13.6. The summed E-state index contributed by atoms with van der Waals surface area (Å²) in [6.45, 7) is -3.49. The molecule has 0 spiro atoms. The predicted molar refractivity (Wildman–Crippen MR) is 93.8 cm³/mol. The Labute approximate surface area is 164 Å². The Bertz CT molecular complexity index is 627. The highest BCUT2D eigenvalue weighted by molar-refractivity contribution is 5.92. The predicted octanol–water partition coefficient (Wildman–Crippen LogP) is -6.67. The lowest BCUT2D eigenvalue weighted by atomic mass is 10.3. The van der Waals surface area contributed by atoms with Gasteiger partial charge in [0.1, 0.15) is 12.1 Å². The summed E-state index contributed by atoms with van der Waals surface area (Å²) in [6, 6.07) is -2.68. The van der Waals surface area contributed by atoms with Gasteiger partial charge in [-0.1, -0.05) is 0 Å². The second-order valence-electron chi connectivity index (χ2n) is 5.48. The molecule has 0 bridgehead atoms. The molecule has 0 saturated heterocycles. The molecule has 0 fully saturated rings. The summed E-state index contributed by atoms with van der Waals surface area (Å²) >= 11 is 0. The number of hydrogen-bond acceptors (Lipinski definition) is 9. The number of hydrogen-bond donors (Lipinski definition) is 9. The first kappa shape index (κ1) is 25.7. The molecule has 0 aromatic heterocycles. The lowest BCUT2D eigenvalue weighted by Crippen LogP contribution is -2.49. The van der Waals surface area contributed by atoms with Crippen LogP contribution in [0.3, 0.4) is 0 Å². The van der Waals surface area contributed by atoms with Crippen LogP contribution in [0.2, 0.25) is 0 Å². The second-order valence-corrected chi connectivity index (χ2v) is 5.48. The van der Waals surface area contributed by atoms with Gasteiger partial charge in [0.15, 0.2) is 0 Å². The van der Waals surface area contributed by atoms with E-state index in [1.165, 1.54) is 0 Å². The quantitative estimate of drug-likeness (QED) is 0.136. The lowest BCUT2D eigenvalue weighted by Gasteiger charge is -2.12. The van der Waals surface area contributed by atoms with Crippen LogP contribution in [0.25, 0.3) is 0 Å². The van der Waals surface area contributed by atoms with E-state index >= 15 is 0 Å². The molecule has 0 radical (unpaired) electrons. The second kappa shape index (κ2) is 13.8. The van der Waals surface area contributed by atoms with Crippen LogP contribution in [0.4, 0.5) is 0 Å². The van der Waals surface area contributed by atoms with Gasteiger partial charge in [-0.2, -0.15) is 0 Å². The minimum Gasteiger partial charge on any atom is -0.480 e. The average molecular weight is 420 g/mol. The van der Waals surface area contributed by atoms with E-state index in [1.54, 1.807) is 0 Å². The van der Waals surface area contributed by atoms with Gasteiger partial charge in [0.2, 0.25) is 29.5 Å². The molecule has 0 aliphatic rings. The summed E-state index contributed by atoms with van der Waals surface area (Å²) in [5, 5.41) is 36.6. The first-order valence-corrected chi connectivity index (χ1v) is 8.18. The molecule has 0 aromatic rings. The molecule has 0 aliphatic carbocycles. The van der Waals surface area contributed by atoms with Gasteiger partial charge in [0.05, 0.1) is 39.4 Å². The highest BCUT2D eigenvalue weighted by atomic mass is 16.4. The maximum Gasteiger partial charge on any atom is 0.328 e. The standard InChI is InChI=1S/C14H24N6O9/c15-7(5-21)13(27)19-3-11(25)17-1-9(23)16-2-10(24)18-4-12(26)20-8(6-22)14(28)29/h7-8,21-22H,1-6,15H2,(H,16,23)(H,17,25)(H,18,24)(H,19,27)(H,20,26)(H,28,29)/t7-,8-/m0/s1. The van der Waals surface area contributed by atoms with E-state index in [-0.39, 0.29) is 0 Å². The van der Waals surface area contributed by atoms with Crippen LogP contribution in [-0.4, -0.2) is 102 Å². The summed E-state index contributed by atoms with van der Waals surface area (Å²) in [6.07, 6.45) is 0. The maximum absolute atomic E-state index is 11.5. The minimum atomic E-state index is -1.51. The molecule has 0 saturated carbocycles. The van der Waals surface area contributed by atoms with Crippen molar-refractivity contribution in [2.75, 3.05) is 39.4 Å². The molecule has 5 amide bonds. The van der Waals surface area contributed by atoms with Crippen molar-refractivity contribution >= 4 is 35.5 Å². The Morgan fingerprint density at radius 3 is 1.48 bits per heavy atom.